The van der Waals surface area contributed by atoms with E-state index in [1.165, 1.54) is 13.2 Å². The molecule has 20 heavy (non-hydrogen) atoms. The van der Waals surface area contributed by atoms with Gasteiger partial charge in [0.1, 0.15) is 6.10 Å². The van der Waals surface area contributed by atoms with Crippen LogP contribution >= 0.6 is 0 Å². The van der Waals surface area contributed by atoms with Crippen LogP contribution in [0, 0.1) is 0 Å². The molecule has 0 fully saturated rings. The van der Waals surface area contributed by atoms with Gasteiger partial charge in [0.15, 0.2) is 6.10 Å². The molecule has 2 aromatic carbocycles. The lowest BCUT2D eigenvalue weighted by Gasteiger charge is -2.21. The molecule has 0 bridgehead atoms. The average Bonchev–Trinajstić information content (AvgIpc) is 2.51. The second kappa shape index (κ2) is 6.21. The van der Waals surface area contributed by atoms with E-state index < -0.39 is 18.4 Å². The Hall–Kier alpha value is -2.33. The van der Waals surface area contributed by atoms with E-state index in [4.69, 9.17) is 4.74 Å². The minimum atomic E-state index is -1.00. The molecule has 0 amide bonds. The molecule has 0 heterocycles. The second-order valence-electron chi connectivity index (χ2n) is 4.29. The van der Waals surface area contributed by atoms with Gasteiger partial charge >= 0.3 is 6.16 Å². The molecule has 4 nitrogen and oxygen atoms in total. The Kier molecular flexibility index (Phi) is 4.38. The van der Waals surface area contributed by atoms with Crippen LogP contribution in [-0.2, 0) is 9.47 Å². The fourth-order valence-corrected chi connectivity index (χ4v) is 2.09. The van der Waals surface area contributed by atoms with E-state index in [2.05, 4.69) is 11.3 Å². The maximum absolute atomic E-state index is 11.2. The Morgan fingerprint density at radius 3 is 2.65 bits per heavy atom. The zero-order valence-corrected chi connectivity index (χ0v) is 11.2. The number of hydrogen-bond acceptors (Lipinski definition) is 4. The van der Waals surface area contributed by atoms with E-state index >= 15 is 0 Å². The van der Waals surface area contributed by atoms with Crippen molar-refractivity contribution >= 4 is 16.9 Å². The number of aliphatic hydroxyl groups excluding tert-OH is 1. The molecule has 0 saturated heterocycles. The topological polar surface area (TPSA) is 55.8 Å². The summed E-state index contributed by atoms with van der Waals surface area (Å²) in [5.41, 5.74) is 0.678. The van der Waals surface area contributed by atoms with E-state index in [1.807, 2.05) is 36.4 Å². The van der Waals surface area contributed by atoms with E-state index in [9.17, 15) is 9.90 Å². The molecule has 2 rings (SSSR count). The number of hydrogen-bond donors (Lipinski definition) is 1. The lowest BCUT2D eigenvalue weighted by Crippen LogP contribution is -2.23. The summed E-state index contributed by atoms with van der Waals surface area (Å²) >= 11 is 0. The molecular weight excluding hydrogens is 256 g/mol. The third-order valence-corrected chi connectivity index (χ3v) is 3.08. The van der Waals surface area contributed by atoms with Crippen molar-refractivity contribution in [3.63, 3.8) is 0 Å². The molecule has 0 aliphatic carbocycles. The molecule has 1 N–H and O–H groups in total. The number of fused-ring (bicyclic) bond motifs is 1. The molecule has 2 atom stereocenters. The first-order valence-electron chi connectivity index (χ1n) is 6.20. The highest BCUT2D eigenvalue weighted by Gasteiger charge is 2.23. The van der Waals surface area contributed by atoms with Gasteiger partial charge in [-0.1, -0.05) is 49.0 Å². The van der Waals surface area contributed by atoms with Gasteiger partial charge in [0, 0.05) is 0 Å². The molecule has 4 heteroatoms. The smallest absolute Gasteiger partial charge is 0.438 e. The predicted molar refractivity (Wildman–Crippen MR) is 76.4 cm³/mol. The van der Waals surface area contributed by atoms with Crippen molar-refractivity contribution in [2.45, 2.75) is 12.2 Å². The molecule has 0 aliphatic heterocycles. The lowest BCUT2D eigenvalue weighted by atomic mass is 9.97. The third kappa shape index (κ3) is 2.81. The van der Waals surface area contributed by atoms with Gasteiger partial charge in [-0.2, -0.15) is 0 Å². The summed E-state index contributed by atoms with van der Waals surface area (Å²) in [6.45, 7) is 3.58. The van der Waals surface area contributed by atoms with Crippen LogP contribution in [-0.4, -0.2) is 24.5 Å². The number of benzene rings is 2. The summed E-state index contributed by atoms with van der Waals surface area (Å²) in [7, 11) is 1.22. The van der Waals surface area contributed by atoms with Crippen molar-refractivity contribution < 1.29 is 19.4 Å². The van der Waals surface area contributed by atoms with Crippen molar-refractivity contribution in [1.82, 2.24) is 0 Å². The number of rotatable bonds is 4. The Morgan fingerprint density at radius 1 is 1.25 bits per heavy atom. The monoisotopic (exact) mass is 272 g/mol. The first-order chi connectivity index (χ1) is 9.67. The van der Waals surface area contributed by atoms with E-state index in [0.29, 0.717) is 5.56 Å². The van der Waals surface area contributed by atoms with Crippen LogP contribution in [0.5, 0.6) is 0 Å². The van der Waals surface area contributed by atoms with Crippen molar-refractivity contribution in [1.29, 1.82) is 0 Å². The van der Waals surface area contributed by atoms with Crippen LogP contribution in [0.4, 0.5) is 4.79 Å². The van der Waals surface area contributed by atoms with Crippen LogP contribution < -0.4 is 0 Å². The zero-order chi connectivity index (χ0) is 14.5. The summed E-state index contributed by atoms with van der Waals surface area (Å²) in [5.74, 6) is 0. The standard InChI is InChI=1S/C16H16O4/c1-3-14(20-16(18)19-2)15(17)13-10-6-8-11-7-4-5-9-12(11)13/h3-10,14-15,17H,1H2,2H3/t14-,15+/m0/s1. The highest BCUT2D eigenvalue weighted by molar-refractivity contribution is 5.86. The van der Waals surface area contributed by atoms with Crippen LogP contribution in [0.3, 0.4) is 0 Å². The Bertz CT molecular complexity index is 615. The fourth-order valence-electron chi connectivity index (χ4n) is 2.09. The number of carbonyl (C=O) groups excluding carboxylic acids is 1. The molecule has 104 valence electrons. The maximum Gasteiger partial charge on any atom is 0.508 e. The number of ether oxygens (including phenoxy) is 2. The van der Waals surface area contributed by atoms with Crippen molar-refractivity contribution in [2.24, 2.45) is 0 Å². The Balaban J connectivity index is 2.36. The lowest BCUT2D eigenvalue weighted by molar-refractivity contribution is -0.00415. The van der Waals surface area contributed by atoms with Gasteiger partial charge in [0.05, 0.1) is 7.11 Å². The van der Waals surface area contributed by atoms with Gasteiger partial charge in [-0.3, -0.25) is 0 Å². The maximum atomic E-state index is 11.2. The van der Waals surface area contributed by atoms with Gasteiger partial charge in [-0.25, -0.2) is 4.79 Å². The molecule has 0 aliphatic rings. The number of methoxy groups -OCH3 is 1. The SMILES string of the molecule is C=C[C@H](OC(=O)OC)[C@H](O)c1cccc2ccccc12. The predicted octanol–water partition coefficient (Wildman–Crippen LogP) is 3.21. The molecule has 0 saturated carbocycles. The van der Waals surface area contributed by atoms with Crippen LogP contribution in [0.15, 0.2) is 55.1 Å². The quantitative estimate of drug-likeness (QED) is 0.686. The van der Waals surface area contributed by atoms with Crippen LogP contribution in [0.1, 0.15) is 11.7 Å². The van der Waals surface area contributed by atoms with E-state index in [1.54, 1.807) is 6.07 Å². The van der Waals surface area contributed by atoms with Gasteiger partial charge in [0.2, 0.25) is 0 Å². The second-order valence-corrected chi connectivity index (χ2v) is 4.29. The highest BCUT2D eigenvalue weighted by atomic mass is 16.7. The molecule has 0 aromatic heterocycles. The zero-order valence-electron chi connectivity index (χ0n) is 11.2. The summed E-state index contributed by atoms with van der Waals surface area (Å²) in [6, 6.07) is 13.3. The first kappa shape index (κ1) is 14.1. The van der Waals surface area contributed by atoms with Gasteiger partial charge in [-0.15, -0.1) is 0 Å². The fraction of sp³-hybridized carbons (Fsp3) is 0.188. The summed E-state index contributed by atoms with van der Waals surface area (Å²) in [5, 5.41) is 12.3. The number of aliphatic hydroxyl groups is 1. The molecule has 0 radical (unpaired) electrons. The Morgan fingerprint density at radius 2 is 1.95 bits per heavy atom. The normalized spacial score (nSPS) is 13.5. The summed E-state index contributed by atoms with van der Waals surface area (Å²) in [6.07, 6.45) is -1.34. The molecule has 0 spiro atoms. The van der Waals surface area contributed by atoms with Crippen molar-refractivity contribution in [3.8, 4) is 0 Å². The largest absolute Gasteiger partial charge is 0.508 e. The van der Waals surface area contributed by atoms with Crippen molar-refractivity contribution in [3.05, 3.63) is 60.7 Å². The average molecular weight is 272 g/mol. The Labute approximate surface area is 117 Å². The minimum absolute atomic E-state index is 0.678. The highest BCUT2D eigenvalue weighted by Crippen LogP contribution is 2.28. The first-order valence-corrected chi connectivity index (χ1v) is 6.20. The summed E-state index contributed by atoms with van der Waals surface area (Å²) in [4.78, 5) is 11.2. The molecule has 2 aromatic rings. The molecule has 0 unspecified atom stereocenters. The molecular formula is C16H16O4. The number of carbonyl (C=O) groups is 1. The summed E-state index contributed by atoms with van der Waals surface area (Å²) < 4.78 is 9.42. The third-order valence-electron chi connectivity index (χ3n) is 3.08. The minimum Gasteiger partial charge on any atom is -0.438 e. The van der Waals surface area contributed by atoms with Crippen LogP contribution in [0.25, 0.3) is 10.8 Å². The van der Waals surface area contributed by atoms with E-state index in [0.717, 1.165) is 10.8 Å². The van der Waals surface area contributed by atoms with Gasteiger partial charge < -0.3 is 14.6 Å². The van der Waals surface area contributed by atoms with E-state index in [-0.39, 0.29) is 0 Å². The van der Waals surface area contributed by atoms with Gasteiger partial charge in [-0.05, 0) is 22.4 Å². The van der Waals surface area contributed by atoms with Gasteiger partial charge in [0.25, 0.3) is 0 Å². The van der Waals surface area contributed by atoms with Crippen LogP contribution in [0.2, 0.25) is 0 Å². The van der Waals surface area contributed by atoms with Crippen molar-refractivity contribution in [2.75, 3.05) is 7.11 Å².